The highest BCUT2D eigenvalue weighted by atomic mass is 32.2. The van der Waals surface area contributed by atoms with E-state index in [0.29, 0.717) is 6.54 Å². The van der Waals surface area contributed by atoms with Crippen molar-refractivity contribution in [1.82, 2.24) is 20.2 Å². The van der Waals surface area contributed by atoms with E-state index in [0.717, 1.165) is 16.4 Å². The quantitative estimate of drug-likeness (QED) is 0.595. The molecule has 1 amide bonds. The molecule has 1 atom stereocenters. The molecule has 1 heterocycles. The third kappa shape index (κ3) is 4.56. The molecule has 1 aromatic carbocycles. The maximum atomic E-state index is 11.9. The van der Waals surface area contributed by atoms with E-state index in [1.807, 2.05) is 37.3 Å². The van der Waals surface area contributed by atoms with Crippen LogP contribution in [0, 0.1) is 6.92 Å². The third-order valence-corrected chi connectivity index (χ3v) is 4.27. The fourth-order valence-corrected chi connectivity index (χ4v) is 2.60. The molecule has 8 heteroatoms. The number of thioether (sulfide) groups is 1. The van der Waals surface area contributed by atoms with Crippen molar-refractivity contribution in [2.45, 2.75) is 24.9 Å². The van der Waals surface area contributed by atoms with Crippen molar-refractivity contribution in [1.29, 1.82) is 0 Å². The maximum Gasteiger partial charge on any atom is 0.294 e. The molecule has 0 aliphatic rings. The second-order valence-electron chi connectivity index (χ2n) is 5.15. The van der Waals surface area contributed by atoms with Crippen molar-refractivity contribution < 1.29 is 4.79 Å². The van der Waals surface area contributed by atoms with Crippen molar-refractivity contribution in [3.63, 3.8) is 0 Å². The van der Waals surface area contributed by atoms with Gasteiger partial charge in [0.05, 0.1) is 5.75 Å². The lowest BCUT2D eigenvalue weighted by atomic mass is 10.0. The Morgan fingerprint density at radius 1 is 1.35 bits per heavy atom. The number of nitrogens with zero attached hydrogens (tertiary/aromatic N) is 3. The van der Waals surface area contributed by atoms with Gasteiger partial charge in [0.15, 0.2) is 0 Å². The van der Waals surface area contributed by atoms with Crippen LogP contribution in [0.4, 0.5) is 0 Å². The normalized spacial score (nSPS) is 11.9. The number of benzene rings is 1. The van der Waals surface area contributed by atoms with Gasteiger partial charge in [-0.25, -0.2) is 0 Å². The van der Waals surface area contributed by atoms with Gasteiger partial charge in [-0.15, -0.1) is 10.2 Å². The second-order valence-corrected chi connectivity index (χ2v) is 6.09. The molecule has 122 valence electrons. The van der Waals surface area contributed by atoms with Crippen LogP contribution in [-0.2, 0) is 4.79 Å². The molecule has 0 aliphatic carbocycles. The third-order valence-electron chi connectivity index (χ3n) is 3.33. The molecule has 0 bridgehead atoms. The fraction of sp³-hybridized carbons (Fsp3) is 0.333. The second kappa shape index (κ2) is 7.77. The predicted molar refractivity (Wildman–Crippen MR) is 89.8 cm³/mol. The van der Waals surface area contributed by atoms with Crippen LogP contribution < -0.4 is 16.7 Å². The first kappa shape index (κ1) is 17.0. The number of nitrogens with two attached hydrogens (primary N) is 1. The molecule has 0 saturated carbocycles. The van der Waals surface area contributed by atoms with Gasteiger partial charge in [0, 0.05) is 6.54 Å². The van der Waals surface area contributed by atoms with E-state index in [9.17, 15) is 9.59 Å². The van der Waals surface area contributed by atoms with E-state index >= 15 is 0 Å². The predicted octanol–water partition coefficient (Wildman–Crippen LogP) is 0.673. The van der Waals surface area contributed by atoms with E-state index in [4.69, 9.17) is 5.84 Å². The van der Waals surface area contributed by atoms with Gasteiger partial charge in [0.25, 0.3) is 5.56 Å². The van der Waals surface area contributed by atoms with Crippen molar-refractivity contribution in [3.05, 3.63) is 51.9 Å². The summed E-state index contributed by atoms with van der Waals surface area (Å²) in [6.07, 6.45) is 0. The lowest BCUT2D eigenvalue weighted by Crippen LogP contribution is -2.33. The first-order valence-electron chi connectivity index (χ1n) is 7.15. The average molecular weight is 333 g/mol. The topological polar surface area (TPSA) is 103 Å². The highest BCUT2D eigenvalue weighted by molar-refractivity contribution is 7.99. The van der Waals surface area contributed by atoms with Gasteiger partial charge in [0.2, 0.25) is 11.1 Å². The molecule has 7 nitrogen and oxygen atoms in total. The number of aromatic nitrogens is 3. The maximum absolute atomic E-state index is 11.9. The highest BCUT2D eigenvalue weighted by Crippen LogP contribution is 2.14. The summed E-state index contributed by atoms with van der Waals surface area (Å²) >= 11 is 1.08. The molecule has 0 fully saturated rings. The Labute approximate surface area is 138 Å². The Bertz CT molecular complexity index is 732. The zero-order chi connectivity index (χ0) is 16.8. The summed E-state index contributed by atoms with van der Waals surface area (Å²) < 4.78 is 0.910. The summed E-state index contributed by atoms with van der Waals surface area (Å²) in [4.78, 5) is 23.5. The van der Waals surface area contributed by atoms with Gasteiger partial charge in [-0.3, -0.25) is 9.59 Å². The van der Waals surface area contributed by atoms with Gasteiger partial charge in [-0.2, -0.15) is 4.68 Å². The largest absolute Gasteiger partial charge is 0.355 e. The van der Waals surface area contributed by atoms with Crippen LogP contribution in [-0.4, -0.2) is 33.1 Å². The van der Waals surface area contributed by atoms with Gasteiger partial charge in [0.1, 0.15) is 5.69 Å². The van der Waals surface area contributed by atoms with Crippen LogP contribution in [0.3, 0.4) is 0 Å². The molecule has 0 unspecified atom stereocenters. The minimum Gasteiger partial charge on any atom is -0.355 e. The van der Waals surface area contributed by atoms with Crippen molar-refractivity contribution >= 4 is 17.7 Å². The smallest absolute Gasteiger partial charge is 0.294 e. The van der Waals surface area contributed by atoms with Crippen LogP contribution in [0.15, 0.2) is 40.3 Å². The monoisotopic (exact) mass is 333 g/mol. The standard InChI is InChI=1S/C15H19N5O2S/c1-10(12-6-4-3-5-7-12)8-17-13(21)9-23-15-19-18-11(2)14(22)20(15)16/h3-7,10H,8-9,16H2,1-2H3,(H,17,21)/t10-/m0/s1. The van der Waals surface area contributed by atoms with Gasteiger partial charge < -0.3 is 11.2 Å². The molecular weight excluding hydrogens is 314 g/mol. The van der Waals surface area contributed by atoms with E-state index in [1.54, 1.807) is 0 Å². The molecule has 0 saturated heterocycles. The number of rotatable bonds is 6. The molecule has 2 rings (SSSR count). The summed E-state index contributed by atoms with van der Waals surface area (Å²) in [7, 11) is 0. The number of carbonyl (C=O) groups excluding carboxylic acids is 1. The molecule has 2 aromatic rings. The Morgan fingerprint density at radius 2 is 2.04 bits per heavy atom. The molecule has 23 heavy (non-hydrogen) atoms. The molecule has 0 aliphatic heterocycles. The highest BCUT2D eigenvalue weighted by Gasteiger charge is 2.11. The lowest BCUT2D eigenvalue weighted by molar-refractivity contribution is -0.118. The summed E-state index contributed by atoms with van der Waals surface area (Å²) in [5, 5.41) is 10.6. The number of hydrogen-bond donors (Lipinski definition) is 2. The summed E-state index contributed by atoms with van der Waals surface area (Å²) in [5.74, 6) is 5.81. The van der Waals surface area contributed by atoms with Crippen molar-refractivity contribution in [2.75, 3.05) is 18.1 Å². The van der Waals surface area contributed by atoms with Gasteiger partial charge >= 0.3 is 0 Å². The molecular formula is C15H19N5O2S. The van der Waals surface area contributed by atoms with Gasteiger partial charge in [-0.05, 0) is 18.4 Å². The van der Waals surface area contributed by atoms with Crippen molar-refractivity contribution in [3.8, 4) is 0 Å². The van der Waals surface area contributed by atoms with Gasteiger partial charge in [-0.1, -0.05) is 49.0 Å². The fourth-order valence-electron chi connectivity index (χ4n) is 1.92. The van der Waals surface area contributed by atoms with Crippen LogP contribution in [0.2, 0.25) is 0 Å². The van der Waals surface area contributed by atoms with Crippen LogP contribution >= 0.6 is 11.8 Å². The summed E-state index contributed by atoms with van der Waals surface area (Å²) in [6, 6.07) is 9.96. The number of aryl methyl sites for hydroxylation is 1. The summed E-state index contributed by atoms with van der Waals surface area (Å²) in [5.41, 5.74) is 0.972. The van der Waals surface area contributed by atoms with E-state index in [2.05, 4.69) is 15.5 Å². The molecule has 3 N–H and O–H groups in total. The Kier molecular flexibility index (Phi) is 5.75. The average Bonchev–Trinajstić information content (AvgIpc) is 2.57. The Balaban J connectivity index is 1.84. The van der Waals surface area contributed by atoms with Crippen LogP contribution in [0.5, 0.6) is 0 Å². The zero-order valence-electron chi connectivity index (χ0n) is 13.0. The Hall–Kier alpha value is -2.35. The number of carbonyl (C=O) groups is 1. The van der Waals surface area contributed by atoms with E-state index in [1.165, 1.54) is 12.5 Å². The number of nitrogens with one attached hydrogen (secondary N) is 1. The Morgan fingerprint density at radius 3 is 2.74 bits per heavy atom. The van der Waals surface area contributed by atoms with Crippen LogP contribution in [0.25, 0.3) is 0 Å². The molecule has 0 spiro atoms. The summed E-state index contributed by atoms with van der Waals surface area (Å²) in [6.45, 7) is 4.12. The molecule has 1 aromatic heterocycles. The lowest BCUT2D eigenvalue weighted by Gasteiger charge is -2.13. The first-order chi connectivity index (χ1) is 11.0. The number of amides is 1. The SMILES string of the molecule is Cc1nnc(SCC(=O)NC[C@H](C)c2ccccc2)n(N)c1=O. The molecule has 0 radical (unpaired) electrons. The number of hydrogen-bond acceptors (Lipinski definition) is 6. The first-order valence-corrected chi connectivity index (χ1v) is 8.13. The van der Waals surface area contributed by atoms with Crippen molar-refractivity contribution in [2.24, 2.45) is 0 Å². The zero-order valence-corrected chi connectivity index (χ0v) is 13.8. The van der Waals surface area contributed by atoms with E-state index < -0.39 is 5.56 Å². The minimum absolute atomic E-state index is 0.121. The minimum atomic E-state index is -0.416. The van der Waals surface area contributed by atoms with Crippen LogP contribution in [0.1, 0.15) is 24.1 Å². The number of nitrogen functional groups attached to an aromatic ring is 1. The van der Waals surface area contributed by atoms with E-state index in [-0.39, 0.29) is 28.4 Å².